The Hall–Kier alpha value is -2.83. The zero-order valence-electron chi connectivity index (χ0n) is 12.0. The maximum atomic E-state index is 7.32. The zero-order valence-corrected chi connectivity index (χ0v) is 12.0. The summed E-state index contributed by atoms with van der Waals surface area (Å²) < 4.78 is 15.8. The van der Waals surface area contributed by atoms with Gasteiger partial charge in [-0.2, -0.15) is 4.99 Å². The molecule has 0 aliphatic carbocycles. The lowest BCUT2D eigenvalue weighted by atomic mass is 10.1. The molecule has 2 rings (SSSR count). The molecule has 1 aromatic carbocycles. The third kappa shape index (κ3) is 3.02. The van der Waals surface area contributed by atoms with E-state index in [1.807, 2.05) is 0 Å². The van der Waals surface area contributed by atoms with Crippen LogP contribution in [-0.2, 0) is 0 Å². The SMILES string of the molecule is COc1cc(/C=C2/C=NC(=N)N=C2N)cc(OC)c1OC. The van der Waals surface area contributed by atoms with E-state index in [1.54, 1.807) is 39.5 Å². The van der Waals surface area contributed by atoms with Crippen LogP contribution in [0.4, 0.5) is 0 Å². The van der Waals surface area contributed by atoms with Crippen molar-refractivity contribution in [3.63, 3.8) is 0 Å². The van der Waals surface area contributed by atoms with E-state index in [9.17, 15) is 0 Å². The lowest BCUT2D eigenvalue weighted by Crippen LogP contribution is -2.20. The largest absolute Gasteiger partial charge is 0.493 e. The smallest absolute Gasteiger partial charge is 0.243 e. The summed E-state index contributed by atoms with van der Waals surface area (Å²) in [7, 11) is 4.64. The highest BCUT2D eigenvalue weighted by Crippen LogP contribution is 2.38. The van der Waals surface area contributed by atoms with Crippen LogP contribution in [-0.4, -0.2) is 39.3 Å². The molecule has 0 saturated heterocycles. The van der Waals surface area contributed by atoms with Crippen molar-refractivity contribution in [3.8, 4) is 17.2 Å². The number of guanidine groups is 1. The molecule has 1 aliphatic rings. The number of aliphatic imine (C=N–C) groups is 2. The highest BCUT2D eigenvalue weighted by atomic mass is 16.5. The van der Waals surface area contributed by atoms with E-state index in [0.717, 1.165) is 5.56 Å². The third-order valence-corrected chi connectivity index (χ3v) is 2.86. The molecule has 21 heavy (non-hydrogen) atoms. The number of hydrogen-bond acceptors (Lipinski definition) is 5. The summed E-state index contributed by atoms with van der Waals surface area (Å²) in [5.41, 5.74) is 7.18. The van der Waals surface area contributed by atoms with Crippen LogP contribution in [0.3, 0.4) is 0 Å². The average molecular weight is 288 g/mol. The molecule has 3 N–H and O–H groups in total. The van der Waals surface area contributed by atoms with E-state index in [-0.39, 0.29) is 11.8 Å². The lowest BCUT2D eigenvalue weighted by Gasteiger charge is -2.13. The van der Waals surface area contributed by atoms with Gasteiger partial charge in [0, 0.05) is 11.8 Å². The highest BCUT2D eigenvalue weighted by molar-refractivity contribution is 6.24. The Bertz CT molecular complexity index is 637. The summed E-state index contributed by atoms with van der Waals surface area (Å²) in [5.74, 6) is 1.72. The number of nitrogens with one attached hydrogen (secondary N) is 1. The van der Waals surface area contributed by atoms with Crippen LogP contribution in [0.2, 0.25) is 0 Å². The Balaban J connectivity index is 2.48. The number of amidine groups is 1. The molecule has 7 nitrogen and oxygen atoms in total. The molecular formula is C14H16N4O3. The minimum atomic E-state index is -0.116. The van der Waals surface area contributed by atoms with Gasteiger partial charge in [-0.3, -0.25) is 5.41 Å². The number of rotatable bonds is 4. The number of nitrogens with zero attached hydrogens (tertiary/aromatic N) is 2. The number of nitrogens with two attached hydrogens (primary N) is 1. The molecule has 1 heterocycles. The molecule has 1 aliphatic heterocycles. The molecule has 110 valence electrons. The summed E-state index contributed by atoms with van der Waals surface area (Å²) in [6.45, 7) is 0. The monoisotopic (exact) mass is 288 g/mol. The van der Waals surface area contributed by atoms with Gasteiger partial charge in [-0.1, -0.05) is 0 Å². The Labute approximate surface area is 122 Å². The van der Waals surface area contributed by atoms with Crippen molar-refractivity contribution < 1.29 is 14.2 Å². The van der Waals surface area contributed by atoms with Gasteiger partial charge in [0.05, 0.1) is 21.3 Å². The second-order valence-electron chi connectivity index (χ2n) is 4.14. The van der Waals surface area contributed by atoms with Crippen LogP contribution in [0.1, 0.15) is 5.56 Å². The fourth-order valence-electron chi connectivity index (χ4n) is 1.88. The minimum absolute atomic E-state index is 0.116. The predicted octanol–water partition coefficient (Wildman–Crippen LogP) is 1.47. The molecular weight excluding hydrogens is 272 g/mol. The Kier molecular flexibility index (Phi) is 4.22. The Morgan fingerprint density at radius 2 is 1.71 bits per heavy atom. The zero-order chi connectivity index (χ0) is 15.4. The normalized spacial score (nSPS) is 15.9. The van der Waals surface area contributed by atoms with Gasteiger partial charge >= 0.3 is 0 Å². The first kappa shape index (κ1) is 14.6. The van der Waals surface area contributed by atoms with Gasteiger partial charge in [-0.25, -0.2) is 4.99 Å². The summed E-state index contributed by atoms with van der Waals surface area (Å²) in [4.78, 5) is 7.62. The molecule has 0 aromatic heterocycles. The summed E-state index contributed by atoms with van der Waals surface area (Å²) in [6.07, 6.45) is 3.27. The molecule has 7 heteroatoms. The maximum absolute atomic E-state index is 7.32. The summed E-state index contributed by atoms with van der Waals surface area (Å²) in [6, 6.07) is 3.57. The molecule has 0 spiro atoms. The van der Waals surface area contributed by atoms with E-state index in [2.05, 4.69) is 9.98 Å². The molecule has 0 fully saturated rings. The first-order valence-electron chi connectivity index (χ1n) is 6.08. The van der Waals surface area contributed by atoms with Crippen molar-refractivity contribution in [3.05, 3.63) is 23.3 Å². The molecule has 0 saturated carbocycles. The predicted molar refractivity (Wildman–Crippen MR) is 81.9 cm³/mol. The van der Waals surface area contributed by atoms with Crippen LogP contribution >= 0.6 is 0 Å². The molecule has 0 bridgehead atoms. The second kappa shape index (κ2) is 6.08. The first-order chi connectivity index (χ1) is 10.1. The van der Waals surface area contributed by atoms with Crippen molar-refractivity contribution in [2.75, 3.05) is 21.3 Å². The topological polar surface area (TPSA) is 102 Å². The second-order valence-corrected chi connectivity index (χ2v) is 4.14. The van der Waals surface area contributed by atoms with Gasteiger partial charge in [-0.05, 0) is 23.8 Å². The van der Waals surface area contributed by atoms with Crippen molar-refractivity contribution in [2.45, 2.75) is 0 Å². The minimum Gasteiger partial charge on any atom is -0.493 e. The molecule has 0 radical (unpaired) electrons. The van der Waals surface area contributed by atoms with Gasteiger partial charge in [-0.15, -0.1) is 0 Å². The Morgan fingerprint density at radius 1 is 1.10 bits per heavy atom. The van der Waals surface area contributed by atoms with Crippen LogP contribution in [0.15, 0.2) is 27.7 Å². The van der Waals surface area contributed by atoms with E-state index < -0.39 is 0 Å². The first-order valence-corrected chi connectivity index (χ1v) is 6.08. The molecule has 0 unspecified atom stereocenters. The van der Waals surface area contributed by atoms with Gasteiger partial charge in [0.15, 0.2) is 11.5 Å². The molecule has 1 aromatic rings. The lowest BCUT2D eigenvalue weighted by molar-refractivity contribution is 0.324. The van der Waals surface area contributed by atoms with Gasteiger partial charge in [0.25, 0.3) is 0 Å². The van der Waals surface area contributed by atoms with Crippen molar-refractivity contribution in [1.29, 1.82) is 5.41 Å². The number of benzene rings is 1. The van der Waals surface area contributed by atoms with Crippen molar-refractivity contribution in [2.24, 2.45) is 15.7 Å². The van der Waals surface area contributed by atoms with E-state index in [0.29, 0.717) is 22.8 Å². The fraction of sp³-hybridized carbons (Fsp3) is 0.214. The number of hydrogen-bond donors (Lipinski definition) is 2. The van der Waals surface area contributed by atoms with Crippen LogP contribution < -0.4 is 19.9 Å². The number of ether oxygens (including phenoxy) is 3. The van der Waals surface area contributed by atoms with Crippen molar-refractivity contribution >= 4 is 24.1 Å². The van der Waals surface area contributed by atoms with Crippen LogP contribution in [0.5, 0.6) is 17.2 Å². The molecule has 0 amide bonds. The maximum Gasteiger partial charge on any atom is 0.243 e. The number of methoxy groups -OCH3 is 3. The standard InChI is InChI=1S/C14H16N4O3/c1-19-10-5-8(6-11(20-2)12(10)21-3)4-9-7-17-14(16)18-13(9)15/h4-7H,1-3H3,(H3,15,16,18)/b9-4-. The average Bonchev–Trinajstić information content (AvgIpc) is 2.49. The summed E-state index contributed by atoms with van der Waals surface area (Å²) in [5, 5.41) is 7.32. The van der Waals surface area contributed by atoms with Gasteiger partial charge in [0.2, 0.25) is 11.7 Å². The summed E-state index contributed by atoms with van der Waals surface area (Å²) >= 11 is 0. The van der Waals surface area contributed by atoms with E-state index >= 15 is 0 Å². The van der Waals surface area contributed by atoms with E-state index in [1.165, 1.54) is 6.21 Å². The van der Waals surface area contributed by atoms with Crippen LogP contribution in [0.25, 0.3) is 6.08 Å². The van der Waals surface area contributed by atoms with Gasteiger partial charge < -0.3 is 19.9 Å². The van der Waals surface area contributed by atoms with Crippen molar-refractivity contribution in [1.82, 2.24) is 0 Å². The Morgan fingerprint density at radius 3 is 2.19 bits per heavy atom. The fourth-order valence-corrected chi connectivity index (χ4v) is 1.88. The van der Waals surface area contributed by atoms with Gasteiger partial charge in [0.1, 0.15) is 5.84 Å². The van der Waals surface area contributed by atoms with Crippen LogP contribution in [0, 0.1) is 5.41 Å². The quantitative estimate of drug-likeness (QED) is 0.875. The van der Waals surface area contributed by atoms with E-state index in [4.69, 9.17) is 25.4 Å². The highest BCUT2D eigenvalue weighted by Gasteiger charge is 2.14. The third-order valence-electron chi connectivity index (χ3n) is 2.86. The molecule has 0 atom stereocenters.